The molecule has 0 heterocycles. The SMILES string of the molecule is CNC1=C(N(C)O)C=CC(C)(C)C=C1. The maximum atomic E-state index is 9.42. The van der Waals surface area contributed by atoms with Crippen molar-refractivity contribution in [2.24, 2.45) is 5.41 Å². The molecule has 0 amide bonds. The second-order valence-corrected chi connectivity index (χ2v) is 4.06. The third kappa shape index (κ3) is 2.39. The first-order valence-corrected chi connectivity index (χ1v) is 4.69. The van der Waals surface area contributed by atoms with Crippen molar-refractivity contribution in [1.82, 2.24) is 10.4 Å². The lowest BCUT2D eigenvalue weighted by Crippen LogP contribution is -2.17. The number of nitrogens with one attached hydrogen (secondary N) is 1. The number of rotatable bonds is 2. The molecule has 0 saturated heterocycles. The van der Waals surface area contributed by atoms with Crippen molar-refractivity contribution in [2.45, 2.75) is 13.8 Å². The van der Waals surface area contributed by atoms with Gasteiger partial charge in [-0.15, -0.1) is 0 Å². The van der Waals surface area contributed by atoms with Crippen LogP contribution < -0.4 is 5.32 Å². The van der Waals surface area contributed by atoms with Crippen molar-refractivity contribution >= 4 is 0 Å². The largest absolute Gasteiger partial charge is 0.386 e. The average Bonchev–Trinajstić information content (AvgIpc) is 2.23. The Labute approximate surface area is 85.4 Å². The average molecular weight is 194 g/mol. The van der Waals surface area contributed by atoms with E-state index in [-0.39, 0.29) is 5.41 Å². The number of likely N-dealkylation sites (N-methyl/N-ethyl adjacent to an activating group) is 2. The van der Waals surface area contributed by atoms with Gasteiger partial charge < -0.3 is 5.32 Å². The first kappa shape index (κ1) is 10.9. The van der Waals surface area contributed by atoms with E-state index in [0.29, 0.717) is 0 Å². The van der Waals surface area contributed by atoms with E-state index in [1.165, 1.54) is 0 Å². The van der Waals surface area contributed by atoms with Crippen LogP contribution in [0.3, 0.4) is 0 Å². The monoisotopic (exact) mass is 194 g/mol. The molecule has 14 heavy (non-hydrogen) atoms. The molecule has 0 aromatic rings. The molecule has 0 bridgehead atoms. The minimum Gasteiger partial charge on any atom is -0.386 e. The van der Waals surface area contributed by atoms with Crippen LogP contribution in [0.1, 0.15) is 13.8 Å². The highest BCUT2D eigenvalue weighted by molar-refractivity contribution is 5.35. The molecule has 0 aromatic heterocycles. The predicted octanol–water partition coefficient (Wildman–Crippen LogP) is 1.89. The van der Waals surface area contributed by atoms with Crippen LogP contribution in [-0.4, -0.2) is 24.4 Å². The summed E-state index contributed by atoms with van der Waals surface area (Å²) in [5.74, 6) is 0. The molecule has 1 aliphatic rings. The van der Waals surface area contributed by atoms with Crippen LogP contribution in [0.2, 0.25) is 0 Å². The number of hydrogen-bond donors (Lipinski definition) is 2. The second kappa shape index (κ2) is 3.88. The van der Waals surface area contributed by atoms with Crippen molar-refractivity contribution in [3.63, 3.8) is 0 Å². The highest BCUT2D eigenvalue weighted by atomic mass is 16.5. The normalized spacial score (nSPS) is 19.5. The van der Waals surface area contributed by atoms with Gasteiger partial charge in [0.2, 0.25) is 0 Å². The Morgan fingerprint density at radius 1 is 1.29 bits per heavy atom. The summed E-state index contributed by atoms with van der Waals surface area (Å²) in [4.78, 5) is 0. The fourth-order valence-electron chi connectivity index (χ4n) is 1.32. The van der Waals surface area contributed by atoms with Gasteiger partial charge in [-0.1, -0.05) is 26.0 Å². The van der Waals surface area contributed by atoms with E-state index in [9.17, 15) is 5.21 Å². The van der Waals surface area contributed by atoms with Crippen molar-refractivity contribution in [2.75, 3.05) is 14.1 Å². The first-order chi connectivity index (χ1) is 6.46. The van der Waals surface area contributed by atoms with Crippen molar-refractivity contribution in [3.8, 4) is 0 Å². The fraction of sp³-hybridized carbons (Fsp3) is 0.455. The topological polar surface area (TPSA) is 35.5 Å². The molecule has 0 aliphatic heterocycles. The summed E-state index contributed by atoms with van der Waals surface area (Å²) in [5.41, 5.74) is 1.71. The molecular formula is C11H18N2O. The minimum absolute atomic E-state index is 0.0276. The summed E-state index contributed by atoms with van der Waals surface area (Å²) in [5, 5.41) is 13.6. The van der Waals surface area contributed by atoms with E-state index in [4.69, 9.17) is 0 Å². The summed E-state index contributed by atoms with van der Waals surface area (Å²) in [6.45, 7) is 4.24. The van der Waals surface area contributed by atoms with E-state index in [1.54, 1.807) is 7.05 Å². The molecule has 3 heteroatoms. The second-order valence-electron chi connectivity index (χ2n) is 4.06. The molecule has 0 spiro atoms. The summed E-state index contributed by atoms with van der Waals surface area (Å²) in [7, 11) is 3.46. The molecule has 78 valence electrons. The Kier molecular flexibility index (Phi) is 3.01. The molecule has 0 atom stereocenters. The molecule has 2 N–H and O–H groups in total. The molecule has 0 radical (unpaired) electrons. The third-order valence-electron chi connectivity index (χ3n) is 2.24. The lowest BCUT2D eigenvalue weighted by atomic mass is 9.93. The molecular weight excluding hydrogens is 176 g/mol. The van der Waals surface area contributed by atoms with E-state index in [1.807, 2.05) is 19.2 Å². The molecule has 0 saturated carbocycles. The Hall–Kier alpha value is -1.22. The van der Waals surface area contributed by atoms with Gasteiger partial charge in [0.25, 0.3) is 0 Å². The Balaban J connectivity index is 3.10. The molecule has 0 fully saturated rings. The third-order valence-corrected chi connectivity index (χ3v) is 2.24. The zero-order valence-corrected chi connectivity index (χ0v) is 9.20. The minimum atomic E-state index is 0.0276. The van der Waals surface area contributed by atoms with Gasteiger partial charge in [-0.05, 0) is 12.2 Å². The smallest absolute Gasteiger partial charge is 0.0858 e. The van der Waals surface area contributed by atoms with Crippen molar-refractivity contribution in [3.05, 3.63) is 35.7 Å². The zero-order chi connectivity index (χ0) is 10.8. The quantitative estimate of drug-likeness (QED) is 0.659. The maximum absolute atomic E-state index is 9.42. The van der Waals surface area contributed by atoms with Crippen LogP contribution in [0.15, 0.2) is 35.7 Å². The van der Waals surface area contributed by atoms with E-state index in [2.05, 4.69) is 31.3 Å². The van der Waals surface area contributed by atoms with Gasteiger partial charge in [0.1, 0.15) is 0 Å². The summed E-state index contributed by atoms with van der Waals surface area (Å²) in [6.07, 6.45) is 8.08. The van der Waals surface area contributed by atoms with Gasteiger partial charge in [-0.2, -0.15) is 0 Å². The Morgan fingerprint density at radius 3 is 2.36 bits per heavy atom. The summed E-state index contributed by atoms with van der Waals surface area (Å²) < 4.78 is 0. The van der Waals surface area contributed by atoms with Crippen molar-refractivity contribution < 1.29 is 5.21 Å². The van der Waals surface area contributed by atoms with Crippen LogP contribution in [-0.2, 0) is 0 Å². The number of hydrogen-bond acceptors (Lipinski definition) is 3. The van der Waals surface area contributed by atoms with Gasteiger partial charge in [0, 0.05) is 19.5 Å². The highest BCUT2D eigenvalue weighted by Gasteiger charge is 2.14. The van der Waals surface area contributed by atoms with Crippen LogP contribution in [0.4, 0.5) is 0 Å². The lowest BCUT2D eigenvalue weighted by molar-refractivity contribution is -0.0248. The summed E-state index contributed by atoms with van der Waals surface area (Å²) >= 11 is 0. The van der Waals surface area contributed by atoms with Gasteiger partial charge >= 0.3 is 0 Å². The van der Waals surface area contributed by atoms with E-state index < -0.39 is 0 Å². The lowest BCUT2D eigenvalue weighted by Gasteiger charge is -2.15. The van der Waals surface area contributed by atoms with Crippen molar-refractivity contribution in [1.29, 1.82) is 0 Å². The standard InChI is InChI=1S/C11H18N2O/c1-11(2)7-5-9(12-3)10(6-8-11)13(4)14/h5-8,12,14H,1-4H3. The summed E-state index contributed by atoms with van der Waals surface area (Å²) in [6, 6.07) is 0. The highest BCUT2D eigenvalue weighted by Crippen LogP contribution is 2.25. The van der Waals surface area contributed by atoms with Gasteiger partial charge in [-0.3, -0.25) is 10.3 Å². The maximum Gasteiger partial charge on any atom is 0.0858 e. The number of hydroxylamine groups is 2. The molecule has 0 unspecified atom stereocenters. The number of nitrogens with zero attached hydrogens (tertiary/aromatic N) is 1. The van der Waals surface area contributed by atoms with E-state index in [0.717, 1.165) is 16.5 Å². The zero-order valence-electron chi connectivity index (χ0n) is 9.20. The van der Waals surface area contributed by atoms with Gasteiger partial charge in [0.15, 0.2) is 0 Å². The van der Waals surface area contributed by atoms with Gasteiger partial charge in [-0.25, -0.2) is 0 Å². The van der Waals surface area contributed by atoms with E-state index >= 15 is 0 Å². The number of allylic oxidation sites excluding steroid dienone is 4. The molecule has 3 nitrogen and oxygen atoms in total. The van der Waals surface area contributed by atoms with Crippen LogP contribution >= 0.6 is 0 Å². The van der Waals surface area contributed by atoms with Crippen LogP contribution in [0, 0.1) is 5.41 Å². The Bertz CT molecular complexity index is 298. The fourth-order valence-corrected chi connectivity index (χ4v) is 1.32. The predicted molar refractivity (Wildman–Crippen MR) is 57.7 cm³/mol. The van der Waals surface area contributed by atoms with Crippen LogP contribution in [0.5, 0.6) is 0 Å². The molecule has 1 rings (SSSR count). The van der Waals surface area contributed by atoms with Gasteiger partial charge in [0.05, 0.1) is 11.4 Å². The first-order valence-electron chi connectivity index (χ1n) is 4.69. The Morgan fingerprint density at radius 2 is 1.86 bits per heavy atom. The molecule has 1 aliphatic carbocycles. The van der Waals surface area contributed by atoms with Crippen LogP contribution in [0.25, 0.3) is 0 Å². The molecule has 0 aromatic carbocycles.